The largest absolute Gasteiger partial charge is 0.310 e. The first-order valence-corrected chi connectivity index (χ1v) is 8.02. The predicted octanol–water partition coefficient (Wildman–Crippen LogP) is 3.11. The first kappa shape index (κ1) is 15.5. The zero-order valence-corrected chi connectivity index (χ0v) is 13.5. The highest BCUT2D eigenvalue weighted by molar-refractivity contribution is 5.30. The molecule has 2 nitrogen and oxygen atoms in total. The van der Waals surface area contributed by atoms with Crippen molar-refractivity contribution in [2.24, 2.45) is 5.92 Å². The van der Waals surface area contributed by atoms with Gasteiger partial charge in [-0.05, 0) is 56.8 Å². The molecule has 112 valence electrons. The van der Waals surface area contributed by atoms with Crippen LogP contribution in [0.4, 0.5) is 0 Å². The van der Waals surface area contributed by atoms with Crippen LogP contribution in [-0.4, -0.2) is 37.6 Å². The molecule has 0 radical (unpaired) electrons. The van der Waals surface area contributed by atoms with Crippen LogP contribution in [0.15, 0.2) is 24.3 Å². The Morgan fingerprint density at radius 3 is 2.55 bits per heavy atom. The highest BCUT2D eigenvalue weighted by Crippen LogP contribution is 2.22. The van der Waals surface area contributed by atoms with Crippen molar-refractivity contribution in [3.8, 4) is 0 Å². The van der Waals surface area contributed by atoms with Gasteiger partial charge in [0.15, 0.2) is 0 Å². The molecule has 20 heavy (non-hydrogen) atoms. The third-order valence-electron chi connectivity index (χ3n) is 4.16. The summed E-state index contributed by atoms with van der Waals surface area (Å²) in [5, 5.41) is 3.92. The van der Waals surface area contributed by atoms with Gasteiger partial charge in [0.05, 0.1) is 0 Å². The second-order valence-corrected chi connectivity index (χ2v) is 6.96. The monoisotopic (exact) mass is 274 g/mol. The predicted molar refractivity (Wildman–Crippen MR) is 87.2 cm³/mol. The van der Waals surface area contributed by atoms with Crippen LogP contribution >= 0.6 is 0 Å². The van der Waals surface area contributed by atoms with Crippen molar-refractivity contribution < 1.29 is 0 Å². The number of likely N-dealkylation sites (N-methyl/N-ethyl adjacent to an activating group) is 1. The normalized spacial score (nSPS) is 20.2. The van der Waals surface area contributed by atoms with E-state index in [0.29, 0.717) is 12.1 Å². The quantitative estimate of drug-likeness (QED) is 0.857. The lowest BCUT2D eigenvalue weighted by Gasteiger charge is -2.32. The first-order chi connectivity index (χ1) is 9.54. The Balaban J connectivity index is 1.94. The molecule has 1 N–H and O–H groups in total. The van der Waals surface area contributed by atoms with Crippen molar-refractivity contribution in [2.75, 3.05) is 20.6 Å². The topological polar surface area (TPSA) is 15.3 Å². The Morgan fingerprint density at radius 2 is 1.90 bits per heavy atom. The van der Waals surface area contributed by atoms with E-state index in [-0.39, 0.29) is 0 Å². The van der Waals surface area contributed by atoms with Gasteiger partial charge < -0.3 is 10.2 Å². The zero-order valence-electron chi connectivity index (χ0n) is 13.5. The minimum absolute atomic E-state index is 0.611. The van der Waals surface area contributed by atoms with Crippen molar-refractivity contribution in [3.05, 3.63) is 35.4 Å². The molecule has 1 aliphatic rings. The lowest BCUT2D eigenvalue weighted by Crippen LogP contribution is -2.46. The molecule has 2 atom stereocenters. The van der Waals surface area contributed by atoms with Crippen LogP contribution < -0.4 is 5.32 Å². The molecule has 0 aliphatic heterocycles. The van der Waals surface area contributed by atoms with Crippen LogP contribution in [0.1, 0.15) is 37.8 Å². The molecule has 1 aromatic rings. The smallest absolute Gasteiger partial charge is 0.0199 e. The lowest BCUT2D eigenvalue weighted by atomic mass is 9.87. The molecule has 1 aliphatic carbocycles. The minimum atomic E-state index is 0.611. The van der Waals surface area contributed by atoms with Gasteiger partial charge in [-0.2, -0.15) is 0 Å². The SMILES string of the molecule is CC(C)CC(CN(C)C)NC1CCc2ccccc2C1. The van der Waals surface area contributed by atoms with Crippen molar-refractivity contribution in [3.63, 3.8) is 0 Å². The van der Waals surface area contributed by atoms with Crippen molar-refractivity contribution in [1.82, 2.24) is 10.2 Å². The zero-order chi connectivity index (χ0) is 14.5. The standard InChI is InChI=1S/C18H30N2/c1-14(2)11-18(13-20(3)4)19-17-10-9-15-7-5-6-8-16(15)12-17/h5-8,14,17-19H,9-13H2,1-4H3. The van der Waals surface area contributed by atoms with Crippen LogP contribution in [0.2, 0.25) is 0 Å². The molecule has 0 spiro atoms. The molecule has 0 bridgehead atoms. The third-order valence-corrected chi connectivity index (χ3v) is 4.16. The number of benzene rings is 1. The molecule has 0 amide bonds. The van der Waals surface area contributed by atoms with E-state index in [4.69, 9.17) is 0 Å². The van der Waals surface area contributed by atoms with E-state index >= 15 is 0 Å². The highest BCUT2D eigenvalue weighted by Gasteiger charge is 2.21. The third kappa shape index (κ3) is 4.60. The minimum Gasteiger partial charge on any atom is -0.310 e. The highest BCUT2D eigenvalue weighted by atomic mass is 15.1. The van der Waals surface area contributed by atoms with E-state index < -0.39 is 0 Å². The van der Waals surface area contributed by atoms with Crippen LogP contribution in [0.25, 0.3) is 0 Å². The Bertz CT molecular complexity index is 402. The maximum absolute atomic E-state index is 3.92. The molecular weight excluding hydrogens is 244 g/mol. The fraction of sp³-hybridized carbons (Fsp3) is 0.667. The summed E-state index contributed by atoms with van der Waals surface area (Å²) in [7, 11) is 4.34. The Morgan fingerprint density at radius 1 is 1.20 bits per heavy atom. The summed E-state index contributed by atoms with van der Waals surface area (Å²) >= 11 is 0. The average molecular weight is 274 g/mol. The van der Waals surface area contributed by atoms with Crippen molar-refractivity contribution in [2.45, 2.75) is 51.6 Å². The van der Waals surface area contributed by atoms with Gasteiger partial charge >= 0.3 is 0 Å². The fourth-order valence-electron chi connectivity index (χ4n) is 3.38. The number of nitrogens with one attached hydrogen (secondary N) is 1. The van der Waals surface area contributed by atoms with E-state index in [1.165, 1.54) is 25.7 Å². The summed E-state index contributed by atoms with van der Waals surface area (Å²) in [6.45, 7) is 5.78. The first-order valence-electron chi connectivity index (χ1n) is 8.02. The summed E-state index contributed by atoms with van der Waals surface area (Å²) in [4.78, 5) is 2.30. The maximum Gasteiger partial charge on any atom is 0.0199 e. The Kier molecular flexibility index (Phi) is 5.62. The summed E-state index contributed by atoms with van der Waals surface area (Å²) in [6.07, 6.45) is 4.96. The number of fused-ring (bicyclic) bond motifs is 1. The van der Waals surface area contributed by atoms with E-state index in [2.05, 4.69) is 62.4 Å². The number of hydrogen-bond donors (Lipinski definition) is 1. The summed E-state index contributed by atoms with van der Waals surface area (Å²) in [5.74, 6) is 0.753. The summed E-state index contributed by atoms with van der Waals surface area (Å²) < 4.78 is 0. The lowest BCUT2D eigenvalue weighted by molar-refractivity contribution is 0.277. The number of nitrogens with zero attached hydrogens (tertiary/aromatic N) is 1. The van der Waals surface area contributed by atoms with Crippen LogP contribution in [-0.2, 0) is 12.8 Å². The Hall–Kier alpha value is -0.860. The van der Waals surface area contributed by atoms with Crippen LogP contribution in [0.3, 0.4) is 0 Å². The molecular formula is C18H30N2. The van der Waals surface area contributed by atoms with Gasteiger partial charge in [-0.3, -0.25) is 0 Å². The van der Waals surface area contributed by atoms with Gasteiger partial charge in [-0.15, -0.1) is 0 Å². The van der Waals surface area contributed by atoms with Gasteiger partial charge in [0.2, 0.25) is 0 Å². The molecule has 2 unspecified atom stereocenters. The van der Waals surface area contributed by atoms with Gasteiger partial charge in [-0.25, -0.2) is 0 Å². The molecule has 0 aromatic heterocycles. The van der Waals surface area contributed by atoms with Gasteiger partial charge in [0, 0.05) is 18.6 Å². The molecule has 0 heterocycles. The number of rotatable bonds is 6. The number of aryl methyl sites for hydroxylation is 1. The van der Waals surface area contributed by atoms with Crippen molar-refractivity contribution >= 4 is 0 Å². The van der Waals surface area contributed by atoms with Gasteiger partial charge in [-0.1, -0.05) is 38.1 Å². The summed E-state index contributed by atoms with van der Waals surface area (Å²) in [5.41, 5.74) is 3.10. The maximum atomic E-state index is 3.92. The average Bonchev–Trinajstić information content (AvgIpc) is 2.37. The van der Waals surface area contributed by atoms with E-state index in [0.717, 1.165) is 12.5 Å². The van der Waals surface area contributed by atoms with E-state index in [1.807, 2.05) is 0 Å². The molecule has 2 rings (SSSR count). The summed E-state index contributed by atoms with van der Waals surface area (Å²) in [6, 6.07) is 10.2. The second kappa shape index (κ2) is 7.24. The van der Waals surface area contributed by atoms with Crippen LogP contribution in [0.5, 0.6) is 0 Å². The molecule has 0 fully saturated rings. The molecule has 0 saturated heterocycles. The molecule has 1 aromatic carbocycles. The molecule has 2 heteroatoms. The van der Waals surface area contributed by atoms with Gasteiger partial charge in [0.25, 0.3) is 0 Å². The van der Waals surface area contributed by atoms with E-state index in [9.17, 15) is 0 Å². The van der Waals surface area contributed by atoms with Crippen molar-refractivity contribution in [1.29, 1.82) is 0 Å². The fourth-order valence-corrected chi connectivity index (χ4v) is 3.38. The van der Waals surface area contributed by atoms with E-state index in [1.54, 1.807) is 11.1 Å². The second-order valence-electron chi connectivity index (χ2n) is 6.96. The number of hydrogen-bond acceptors (Lipinski definition) is 2. The molecule has 0 saturated carbocycles. The van der Waals surface area contributed by atoms with Gasteiger partial charge in [0.1, 0.15) is 0 Å². The Labute approximate surface area is 124 Å². The van der Waals surface area contributed by atoms with Crippen LogP contribution in [0, 0.1) is 5.92 Å².